The van der Waals surface area contributed by atoms with Crippen molar-refractivity contribution < 1.29 is 4.79 Å². The molecule has 25 heavy (non-hydrogen) atoms. The lowest BCUT2D eigenvalue weighted by atomic mass is 10.1. The zero-order chi connectivity index (χ0) is 18.6. The normalized spacial score (nSPS) is 11.0. The maximum Gasteiger partial charge on any atom is 0.222 e. The Morgan fingerprint density at radius 2 is 1.08 bits per heavy atom. The molecule has 0 aliphatic rings. The molecular formula is C22H44BrNO. The fourth-order valence-corrected chi connectivity index (χ4v) is 3.63. The number of carbonyl (C=O) groups is 1. The molecule has 0 unspecified atom stereocenters. The number of unbranched alkanes of at least 4 members (excludes halogenated alkanes) is 12. The van der Waals surface area contributed by atoms with Crippen LogP contribution in [0.2, 0.25) is 0 Å². The molecule has 1 amide bonds. The zero-order valence-electron chi connectivity index (χ0n) is 17.2. The second kappa shape index (κ2) is 20.3. The smallest absolute Gasteiger partial charge is 0.222 e. The molecule has 2 nitrogen and oxygen atoms in total. The van der Waals surface area contributed by atoms with Crippen LogP contribution in [-0.4, -0.2) is 29.2 Å². The van der Waals surface area contributed by atoms with Gasteiger partial charge in [-0.15, -0.1) is 0 Å². The van der Waals surface area contributed by atoms with E-state index >= 15 is 0 Å². The standard InChI is InChI=1S/C22H44BrNO/c1-3-5-7-9-11-16-20-24(21-17-12-10-8-6-4-2)22(25)18-14-13-15-19-23/h3-21H2,1-2H3. The highest BCUT2D eigenvalue weighted by Gasteiger charge is 2.12. The summed E-state index contributed by atoms with van der Waals surface area (Å²) in [7, 11) is 0. The Bertz CT molecular complexity index is 267. The number of hydrogen-bond acceptors (Lipinski definition) is 1. The minimum atomic E-state index is 0.400. The molecule has 0 bridgehead atoms. The van der Waals surface area contributed by atoms with Gasteiger partial charge in [-0.05, 0) is 25.7 Å². The van der Waals surface area contributed by atoms with Gasteiger partial charge in [-0.3, -0.25) is 4.79 Å². The highest BCUT2D eigenvalue weighted by atomic mass is 79.9. The van der Waals surface area contributed by atoms with E-state index < -0.39 is 0 Å². The first-order valence-corrected chi connectivity index (χ1v) is 12.2. The lowest BCUT2D eigenvalue weighted by Crippen LogP contribution is -2.32. The van der Waals surface area contributed by atoms with Gasteiger partial charge in [0.1, 0.15) is 0 Å². The molecular weight excluding hydrogens is 374 g/mol. The summed E-state index contributed by atoms with van der Waals surface area (Å²) in [5, 5.41) is 1.06. The van der Waals surface area contributed by atoms with Gasteiger partial charge in [-0.25, -0.2) is 0 Å². The molecule has 0 heterocycles. The van der Waals surface area contributed by atoms with Gasteiger partial charge in [0, 0.05) is 24.8 Å². The number of carbonyl (C=O) groups excluding carboxylic acids is 1. The number of hydrogen-bond donors (Lipinski definition) is 0. The molecule has 0 spiro atoms. The van der Waals surface area contributed by atoms with Gasteiger partial charge in [-0.2, -0.15) is 0 Å². The summed E-state index contributed by atoms with van der Waals surface area (Å²) in [5.74, 6) is 0.400. The van der Waals surface area contributed by atoms with Gasteiger partial charge in [0.25, 0.3) is 0 Å². The average molecular weight is 419 g/mol. The molecule has 0 radical (unpaired) electrons. The van der Waals surface area contributed by atoms with E-state index in [1.165, 1.54) is 89.9 Å². The first-order valence-electron chi connectivity index (χ1n) is 11.1. The lowest BCUT2D eigenvalue weighted by Gasteiger charge is -2.23. The van der Waals surface area contributed by atoms with E-state index in [0.717, 1.165) is 31.3 Å². The molecule has 0 aromatic carbocycles. The van der Waals surface area contributed by atoms with Crippen LogP contribution in [0.5, 0.6) is 0 Å². The largest absolute Gasteiger partial charge is 0.343 e. The van der Waals surface area contributed by atoms with Crippen molar-refractivity contribution in [3.63, 3.8) is 0 Å². The first kappa shape index (κ1) is 24.9. The van der Waals surface area contributed by atoms with Crippen molar-refractivity contribution in [1.82, 2.24) is 4.90 Å². The van der Waals surface area contributed by atoms with Crippen molar-refractivity contribution in [3.05, 3.63) is 0 Å². The third kappa shape index (κ3) is 17.1. The van der Waals surface area contributed by atoms with E-state index in [9.17, 15) is 4.79 Å². The van der Waals surface area contributed by atoms with Gasteiger partial charge >= 0.3 is 0 Å². The quantitative estimate of drug-likeness (QED) is 0.157. The Labute approximate surface area is 166 Å². The van der Waals surface area contributed by atoms with Crippen LogP contribution in [0.1, 0.15) is 117 Å². The summed E-state index contributed by atoms with van der Waals surface area (Å²) in [5.41, 5.74) is 0. The molecule has 0 saturated heterocycles. The number of nitrogens with zero attached hydrogens (tertiary/aromatic N) is 1. The number of alkyl halides is 1. The van der Waals surface area contributed by atoms with Crippen molar-refractivity contribution in [2.45, 2.75) is 117 Å². The van der Waals surface area contributed by atoms with E-state index in [1.807, 2.05) is 0 Å². The summed E-state index contributed by atoms with van der Waals surface area (Å²) in [6.07, 6.45) is 19.8. The second-order valence-corrected chi connectivity index (χ2v) is 8.21. The number of amides is 1. The Morgan fingerprint density at radius 1 is 0.640 bits per heavy atom. The Balaban J connectivity index is 4.00. The lowest BCUT2D eigenvalue weighted by molar-refractivity contribution is -0.131. The van der Waals surface area contributed by atoms with E-state index in [1.54, 1.807) is 0 Å². The van der Waals surface area contributed by atoms with Crippen LogP contribution in [0.25, 0.3) is 0 Å². The molecule has 0 aromatic rings. The summed E-state index contributed by atoms with van der Waals surface area (Å²) in [4.78, 5) is 14.7. The van der Waals surface area contributed by atoms with Gasteiger partial charge in [0.2, 0.25) is 5.91 Å². The monoisotopic (exact) mass is 417 g/mol. The van der Waals surface area contributed by atoms with E-state index in [-0.39, 0.29) is 0 Å². The highest BCUT2D eigenvalue weighted by Crippen LogP contribution is 2.11. The predicted octanol–water partition coefficient (Wildman–Crippen LogP) is 7.49. The van der Waals surface area contributed by atoms with Crippen LogP contribution in [-0.2, 0) is 4.79 Å². The molecule has 0 aliphatic carbocycles. The highest BCUT2D eigenvalue weighted by molar-refractivity contribution is 9.09. The molecule has 0 aromatic heterocycles. The maximum atomic E-state index is 12.6. The summed E-state index contributed by atoms with van der Waals surface area (Å²) in [6.45, 7) is 6.49. The van der Waals surface area contributed by atoms with Crippen LogP contribution < -0.4 is 0 Å². The Morgan fingerprint density at radius 3 is 1.56 bits per heavy atom. The van der Waals surface area contributed by atoms with Crippen LogP contribution in [0.4, 0.5) is 0 Å². The maximum absolute atomic E-state index is 12.6. The molecule has 0 fully saturated rings. The number of halogens is 1. The first-order chi connectivity index (χ1) is 12.3. The zero-order valence-corrected chi connectivity index (χ0v) is 18.8. The topological polar surface area (TPSA) is 20.3 Å². The minimum absolute atomic E-state index is 0.400. The van der Waals surface area contributed by atoms with Gasteiger partial charge in [0.15, 0.2) is 0 Å². The van der Waals surface area contributed by atoms with Crippen LogP contribution in [0, 0.1) is 0 Å². The van der Waals surface area contributed by atoms with Crippen LogP contribution in [0.3, 0.4) is 0 Å². The van der Waals surface area contributed by atoms with E-state index in [4.69, 9.17) is 0 Å². The molecule has 0 atom stereocenters. The van der Waals surface area contributed by atoms with Crippen molar-refractivity contribution >= 4 is 21.8 Å². The van der Waals surface area contributed by atoms with Crippen molar-refractivity contribution in [3.8, 4) is 0 Å². The Kier molecular flexibility index (Phi) is 20.2. The summed E-state index contributed by atoms with van der Waals surface area (Å²) >= 11 is 3.47. The number of rotatable bonds is 19. The molecule has 150 valence electrons. The van der Waals surface area contributed by atoms with Gasteiger partial charge in [-0.1, -0.05) is 100 Å². The van der Waals surface area contributed by atoms with Crippen LogP contribution in [0.15, 0.2) is 0 Å². The van der Waals surface area contributed by atoms with Gasteiger partial charge < -0.3 is 4.90 Å². The summed E-state index contributed by atoms with van der Waals surface area (Å²) < 4.78 is 0. The fourth-order valence-electron chi connectivity index (χ4n) is 3.23. The molecule has 0 aliphatic heterocycles. The minimum Gasteiger partial charge on any atom is -0.343 e. The van der Waals surface area contributed by atoms with Gasteiger partial charge in [0.05, 0.1) is 0 Å². The molecule has 0 rings (SSSR count). The Hall–Kier alpha value is -0.0500. The molecule has 0 N–H and O–H groups in total. The van der Waals surface area contributed by atoms with Crippen molar-refractivity contribution in [2.24, 2.45) is 0 Å². The van der Waals surface area contributed by atoms with Crippen LogP contribution >= 0.6 is 15.9 Å². The molecule has 3 heteroatoms. The molecule has 0 saturated carbocycles. The average Bonchev–Trinajstić information content (AvgIpc) is 2.62. The third-order valence-electron chi connectivity index (χ3n) is 4.94. The second-order valence-electron chi connectivity index (χ2n) is 7.42. The van der Waals surface area contributed by atoms with E-state index in [0.29, 0.717) is 5.91 Å². The fraction of sp³-hybridized carbons (Fsp3) is 0.955. The third-order valence-corrected chi connectivity index (χ3v) is 5.50. The predicted molar refractivity (Wildman–Crippen MR) is 116 cm³/mol. The van der Waals surface area contributed by atoms with Crippen molar-refractivity contribution in [2.75, 3.05) is 18.4 Å². The van der Waals surface area contributed by atoms with E-state index in [2.05, 4.69) is 34.7 Å². The van der Waals surface area contributed by atoms with Crippen molar-refractivity contribution in [1.29, 1.82) is 0 Å². The SMILES string of the molecule is CCCCCCCCN(CCCCCCCC)C(=O)CCCCCBr. The summed E-state index contributed by atoms with van der Waals surface area (Å²) in [6, 6.07) is 0.